The Labute approximate surface area is 199 Å². The number of aryl methyl sites for hydroxylation is 1. The molecule has 0 aliphatic rings. The van der Waals surface area contributed by atoms with Gasteiger partial charge in [-0.15, -0.1) is 0 Å². The van der Waals surface area contributed by atoms with Crippen molar-refractivity contribution in [3.8, 4) is 5.69 Å². The molecule has 2 aromatic carbocycles. The van der Waals surface area contributed by atoms with Gasteiger partial charge in [-0.2, -0.15) is 5.10 Å². The number of nitro benzene ring substituents is 1. The molecule has 35 heavy (non-hydrogen) atoms. The predicted molar refractivity (Wildman–Crippen MR) is 127 cm³/mol. The Morgan fingerprint density at radius 2 is 1.89 bits per heavy atom. The van der Waals surface area contributed by atoms with Crippen molar-refractivity contribution in [3.63, 3.8) is 0 Å². The van der Waals surface area contributed by atoms with E-state index in [-0.39, 0.29) is 41.4 Å². The monoisotopic (exact) mass is 481 g/mol. The molecule has 2 aromatic heterocycles. The number of oxazole rings is 1. The summed E-state index contributed by atoms with van der Waals surface area (Å²) in [6, 6.07) is 11.5. The Morgan fingerprint density at radius 1 is 1.17 bits per heavy atom. The largest absolute Gasteiger partial charge is 0.419 e. The van der Waals surface area contributed by atoms with E-state index in [9.17, 15) is 24.1 Å². The molecule has 0 saturated carbocycles. The van der Waals surface area contributed by atoms with E-state index >= 15 is 0 Å². The number of halogens is 1. The molecule has 0 aliphatic carbocycles. The topological polar surface area (TPSA) is 125 Å². The summed E-state index contributed by atoms with van der Waals surface area (Å²) in [5.74, 6) is -0.862. The van der Waals surface area contributed by atoms with Crippen LogP contribution >= 0.6 is 0 Å². The zero-order valence-electron chi connectivity index (χ0n) is 19.4. The SMILES string of the molecule is CC(C)(C)c1cc(NC(=O)CCCn2c(=O)oc3cc([N+](=O)[O-])ccc32)n(-c2ccc(F)cc2)n1. The lowest BCUT2D eigenvalue weighted by atomic mass is 9.92. The van der Waals surface area contributed by atoms with Crippen LogP contribution in [0.3, 0.4) is 0 Å². The van der Waals surface area contributed by atoms with E-state index in [1.54, 1.807) is 22.9 Å². The first kappa shape index (κ1) is 23.9. The normalized spacial score (nSPS) is 11.7. The fourth-order valence-corrected chi connectivity index (χ4v) is 3.60. The molecule has 10 nitrogen and oxygen atoms in total. The quantitative estimate of drug-likeness (QED) is 0.305. The first-order valence-corrected chi connectivity index (χ1v) is 11.0. The van der Waals surface area contributed by atoms with Crippen LogP contribution in [0.4, 0.5) is 15.9 Å². The van der Waals surface area contributed by atoms with Gasteiger partial charge in [0.1, 0.15) is 11.6 Å². The zero-order valence-corrected chi connectivity index (χ0v) is 19.4. The van der Waals surface area contributed by atoms with Crippen LogP contribution in [0.5, 0.6) is 0 Å². The van der Waals surface area contributed by atoms with Gasteiger partial charge < -0.3 is 9.73 Å². The van der Waals surface area contributed by atoms with Crippen molar-refractivity contribution in [2.24, 2.45) is 0 Å². The minimum absolute atomic E-state index is 0.103. The molecule has 11 heteroatoms. The predicted octanol–water partition coefficient (Wildman–Crippen LogP) is 4.54. The molecule has 0 unspecified atom stereocenters. The molecular formula is C24H24FN5O5. The lowest BCUT2D eigenvalue weighted by Crippen LogP contribution is -2.18. The maximum Gasteiger partial charge on any atom is 0.419 e. The summed E-state index contributed by atoms with van der Waals surface area (Å²) in [6.45, 7) is 6.19. The molecule has 0 fully saturated rings. The Kier molecular flexibility index (Phi) is 6.25. The number of carbonyl (C=O) groups is 1. The Morgan fingerprint density at radius 3 is 2.54 bits per heavy atom. The van der Waals surface area contributed by atoms with Crippen molar-refractivity contribution in [1.29, 1.82) is 0 Å². The van der Waals surface area contributed by atoms with Crippen molar-refractivity contribution in [3.05, 3.63) is 80.7 Å². The lowest BCUT2D eigenvalue weighted by Gasteiger charge is -2.14. The average Bonchev–Trinajstić information content (AvgIpc) is 3.34. The number of aromatic nitrogens is 3. The Balaban J connectivity index is 1.48. The van der Waals surface area contributed by atoms with Crippen molar-refractivity contribution < 1.29 is 18.5 Å². The summed E-state index contributed by atoms with van der Waals surface area (Å²) in [5, 5.41) is 18.4. The Hall–Kier alpha value is -4.28. The smallest absolute Gasteiger partial charge is 0.407 e. The second-order valence-electron chi connectivity index (χ2n) is 9.13. The number of hydrogen-bond donors (Lipinski definition) is 1. The highest BCUT2D eigenvalue weighted by Gasteiger charge is 2.22. The maximum absolute atomic E-state index is 13.4. The Bertz CT molecular complexity index is 1460. The number of fused-ring (bicyclic) bond motifs is 1. The second kappa shape index (κ2) is 9.16. The highest BCUT2D eigenvalue weighted by molar-refractivity contribution is 5.90. The van der Waals surface area contributed by atoms with Crippen molar-refractivity contribution in [2.45, 2.75) is 45.6 Å². The van der Waals surface area contributed by atoms with Gasteiger partial charge in [-0.25, -0.2) is 13.9 Å². The van der Waals surface area contributed by atoms with Gasteiger partial charge in [0, 0.05) is 30.5 Å². The third-order valence-electron chi connectivity index (χ3n) is 5.46. The number of anilines is 1. The summed E-state index contributed by atoms with van der Waals surface area (Å²) >= 11 is 0. The van der Waals surface area contributed by atoms with Crippen LogP contribution in [-0.2, 0) is 16.8 Å². The van der Waals surface area contributed by atoms with Crippen molar-refractivity contribution in [2.75, 3.05) is 5.32 Å². The highest BCUT2D eigenvalue weighted by atomic mass is 19.1. The maximum atomic E-state index is 13.4. The summed E-state index contributed by atoms with van der Waals surface area (Å²) < 4.78 is 21.4. The summed E-state index contributed by atoms with van der Waals surface area (Å²) in [7, 11) is 0. The third kappa shape index (κ3) is 5.13. The lowest BCUT2D eigenvalue weighted by molar-refractivity contribution is -0.384. The summed E-state index contributed by atoms with van der Waals surface area (Å²) in [5.41, 5.74) is 1.44. The van der Waals surface area contributed by atoms with Crippen LogP contribution in [0.15, 0.2) is 57.7 Å². The summed E-state index contributed by atoms with van der Waals surface area (Å²) in [6.07, 6.45) is 0.430. The van der Waals surface area contributed by atoms with Crippen LogP contribution in [0.2, 0.25) is 0 Å². The van der Waals surface area contributed by atoms with E-state index in [0.717, 1.165) is 5.69 Å². The van der Waals surface area contributed by atoms with Crippen LogP contribution in [0.25, 0.3) is 16.8 Å². The molecular weight excluding hydrogens is 457 g/mol. The molecule has 0 radical (unpaired) electrons. The molecule has 4 rings (SSSR count). The van der Waals surface area contributed by atoms with Gasteiger partial charge in [0.25, 0.3) is 5.69 Å². The van der Waals surface area contributed by atoms with Gasteiger partial charge in [-0.05, 0) is 36.8 Å². The number of nitro groups is 1. The van der Waals surface area contributed by atoms with Crippen molar-refractivity contribution in [1.82, 2.24) is 14.3 Å². The number of non-ortho nitro benzene ring substituents is 1. The van der Waals surface area contributed by atoms with Crippen molar-refractivity contribution >= 4 is 28.5 Å². The highest BCUT2D eigenvalue weighted by Crippen LogP contribution is 2.27. The van der Waals surface area contributed by atoms with Gasteiger partial charge in [-0.3, -0.25) is 19.5 Å². The molecule has 0 aliphatic heterocycles. The van der Waals surface area contributed by atoms with Crippen LogP contribution < -0.4 is 11.1 Å². The molecule has 0 atom stereocenters. The van der Waals surface area contributed by atoms with Gasteiger partial charge in [0.15, 0.2) is 5.58 Å². The standard InChI is InChI=1S/C24H24FN5O5/c1-24(2,3)20-14-21(29(27-20)16-8-6-15(25)7-9-16)26-22(31)5-4-12-28-18-11-10-17(30(33)34)13-19(18)35-23(28)32/h6-11,13-14H,4-5,12H2,1-3H3,(H,26,31). The van der Waals surface area contributed by atoms with E-state index in [1.165, 1.54) is 34.9 Å². The molecule has 182 valence electrons. The molecule has 1 N–H and O–H groups in total. The molecule has 0 saturated heterocycles. The first-order chi connectivity index (χ1) is 16.5. The van der Waals surface area contributed by atoms with E-state index in [2.05, 4.69) is 10.4 Å². The average molecular weight is 481 g/mol. The zero-order chi connectivity index (χ0) is 25.3. The van der Waals surface area contributed by atoms with E-state index < -0.39 is 10.7 Å². The second-order valence-corrected chi connectivity index (χ2v) is 9.13. The molecule has 1 amide bonds. The molecule has 0 bridgehead atoms. The van der Waals surface area contributed by atoms with E-state index in [1.807, 2.05) is 20.8 Å². The first-order valence-electron chi connectivity index (χ1n) is 11.0. The third-order valence-corrected chi connectivity index (χ3v) is 5.46. The van der Waals surface area contributed by atoms with Gasteiger partial charge in [-0.1, -0.05) is 20.8 Å². The van der Waals surface area contributed by atoms with Gasteiger partial charge >= 0.3 is 5.76 Å². The molecule has 0 spiro atoms. The van der Waals surface area contributed by atoms with Crippen LogP contribution in [-0.4, -0.2) is 25.2 Å². The van der Waals surface area contributed by atoms with Gasteiger partial charge in [0.05, 0.1) is 27.9 Å². The number of amides is 1. The van der Waals surface area contributed by atoms with Crippen LogP contribution in [0.1, 0.15) is 39.3 Å². The number of hydrogen-bond acceptors (Lipinski definition) is 6. The number of nitrogens with one attached hydrogen (secondary N) is 1. The number of benzene rings is 2. The summed E-state index contributed by atoms with van der Waals surface area (Å²) in [4.78, 5) is 35.3. The molecule has 2 heterocycles. The molecule has 4 aromatic rings. The number of nitrogens with zero attached hydrogens (tertiary/aromatic N) is 4. The minimum Gasteiger partial charge on any atom is -0.407 e. The fourth-order valence-electron chi connectivity index (χ4n) is 3.60. The number of rotatable bonds is 7. The van der Waals surface area contributed by atoms with Crippen LogP contribution in [0, 0.1) is 15.9 Å². The van der Waals surface area contributed by atoms with E-state index in [4.69, 9.17) is 4.42 Å². The number of carbonyl (C=O) groups excluding carboxylic acids is 1. The minimum atomic E-state index is -0.648. The fraction of sp³-hybridized carbons (Fsp3) is 0.292. The van der Waals surface area contributed by atoms with Gasteiger partial charge in [0.2, 0.25) is 5.91 Å². The van der Waals surface area contributed by atoms with E-state index in [0.29, 0.717) is 23.4 Å².